The Morgan fingerprint density at radius 2 is 1.43 bits per heavy atom. The first-order valence-corrected chi connectivity index (χ1v) is 18.9. The van der Waals surface area contributed by atoms with Gasteiger partial charge in [0.1, 0.15) is 5.75 Å². The van der Waals surface area contributed by atoms with E-state index in [1.165, 1.54) is 12.8 Å². The van der Waals surface area contributed by atoms with Crippen molar-refractivity contribution < 1.29 is 29.0 Å². The molecule has 49 heavy (non-hydrogen) atoms. The molecular weight excluding hydrogens is 665 g/mol. The second kappa shape index (κ2) is 21.3. The van der Waals surface area contributed by atoms with Gasteiger partial charge in [-0.1, -0.05) is 86.7 Å². The van der Waals surface area contributed by atoms with Gasteiger partial charge in [-0.3, -0.25) is 24.2 Å². The van der Waals surface area contributed by atoms with Crippen molar-refractivity contribution in [1.29, 1.82) is 0 Å². The molecule has 2 heterocycles. The molecule has 11 heteroatoms. The number of rotatable bonds is 22. The topological polar surface area (TPSA) is 99.6 Å². The van der Waals surface area contributed by atoms with E-state index in [-0.39, 0.29) is 25.0 Å². The molecule has 0 aromatic heterocycles. The summed E-state index contributed by atoms with van der Waals surface area (Å²) in [5.74, 6) is -0.314. The number of carbonyl (C=O) groups is 3. The molecule has 0 spiro atoms. The highest BCUT2D eigenvalue weighted by Gasteiger charge is 2.26. The van der Waals surface area contributed by atoms with Crippen LogP contribution >= 0.6 is 23.2 Å². The smallest absolute Gasteiger partial charge is 0.307 e. The number of hydrogen-bond donors (Lipinski definition) is 1. The summed E-state index contributed by atoms with van der Waals surface area (Å²) in [6.45, 7) is 5.31. The van der Waals surface area contributed by atoms with Gasteiger partial charge in [0.15, 0.2) is 6.73 Å². The van der Waals surface area contributed by atoms with Gasteiger partial charge in [0.2, 0.25) is 5.91 Å². The van der Waals surface area contributed by atoms with E-state index in [9.17, 15) is 14.4 Å². The van der Waals surface area contributed by atoms with Crippen LogP contribution in [-0.4, -0.2) is 73.9 Å². The first-order chi connectivity index (χ1) is 23.8. The summed E-state index contributed by atoms with van der Waals surface area (Å²) in [7, 11) is 0. The molecule has 1 amide bonds. The molecule has 2 aromatic carbocycles. The molecule has 9 nitrogen and oxygen atoms in total. The molecule has 0 unspecified atom stereocenters. The maximum absolute atomic E-state index is 12.8. The average Bonchev–Trinajstić information content (AvgIpc) is 3.09. The van der Waals surface area contributed by atoms with Crippen LogP contribution in [0.5, 0.6) is 5.75 Å². The Hall–Kier alpha value is -3.01. The van der Waals surface area contributed by atoms with Crippen LogP contribution in [0, 0.1) is 0 Å². The number of hydrogen-bond acceptors (Lipinski definition) is 7. The standard InChI is InChI=1S/C38H53Cl2N3O6/c39-32-14-13-15-33(38(32)40)42-25-23-41(24-26-42)22-11-12-27-48-31-20-18-30-19-21-35(44)43(34(30)28-31)29-49-37(47)17-10-8-6-4-2-1-3-5-7-9-16-36(45)46/h13-15,18,20,28H,1-12,16-17,19,21-27,29H2,(H,45,46). The Morgan fingerprint density at radius 1 is 0.755 bits per heavy atom. The SMILES string of the molecule is O=C(O)CCCCCCCCCCCCC(=O)OCN1C(=O)CCc2ccc(OCCCCN3CCN(c4cccc(Cl)c4Cl)CC3)cc21. The highest BCUT2D eigenvalue weighted by Crippen LogP contribution is 2.33. The molecule has 2 aromatic rings. The van der Waals surface area contributed by atoms with E-state index in [0.717, 1.165) is 120 Å². The molecular formula is C38H53Cl2N3O6. The molecule has 1 saturated heterocycles. The number of carboxylic acid groups (broad SMARTS) is 1. The predicted molar refractivity (Wildman–Crippen MR) is 196 cm³/mol. The fraction of sp³-hybridized carbons (Fsp3) is 0.605. The summed E-state index contributed by atoms with van der Waals surface area (Å²) in [5.41, 5.74) is 2.82. The Labute approximate surface area is 301 Å². The molecule has 0 bridgehead atoms. The minimum atomic E-state index is -0.712. The van der Waals surface area contributed by atoms with Crippen molar-refractivity contribution in [1.82, 2.24) is 4.90 Å². The Bertz CT molecular complexity index is 1350. The number of halogens is 2. The minimum Gasteiger partial charge on any atom is -0.494 e. The van der Waals surface area contributed by atoms with Gasteiger partial charge in [0, 0.05) is 51.5 Å². The van der Waals surface area contributed by atoms with Gasteiger partial charge in [-0.05, 0) is 62.4 Å². The number of benzene rings is 2. The van der Waals surface area contributed by atoms with Crippen LogP contribution in [0.1, 0.15) is 102 Å². The monoisotopic (exact) mass is 717 g/mol. The molecule has 4 rings (SSSR count). The lowest BCUT2D eigenvalue weighted by Crippen LogP contribution is -2.46. The predicted octanol–water partition coefficient (Wildman–Crippen LogP) is 8.52. The van der Waals surface area contributed by atoms with Crippen LogP contribution < -0.4 is 14.5 Å². The number of aliphatic carboxylic acids is 1. The molecule has 0 radical (unpaired) electrons. The normalized spacial score (nSPS) is 14.9. The van der Waals surface area contributed by atoms with Crippen molar-refractivity contribution in [3.05, 3.63) is 52.0 Å². The van der Waals surface area contributed by atoms with Crippen LogP contribution in [0.25, 0.3) is 0 Å². The second-order valence-electron chi connectivity index (χ2n) is 13.1. The first-order valence-electron chi connectivity index (χ1n) is 18.2. The third-order valence-electron chi connectivity index (χ3n) is 9.41. The van der Waals surface area contributed by atoms with Gasteiger partial charge in [-0.15, -0.1) is 0 Å². The maximum Gasteiger partial charge on any atom is 0.307 e. The van der Waals surface area contributed by atoms with E-state index in [1.54, 1.807) is 4.90 Å². The Morgan fingerprint density at radius 3 is 2.12 bits per heavy atom. The Balaban J connectivity index is 1.07. The molecule has 2 aliphatic rings. The van der Waals surface area contributed by atoms with Crippen molar-refractivity contribution in [3.63, 3.8) is 0 Å². The van der Waals surface area contributed by atoms with Gasteiger partial charge in [0.05, 0.1) is 28.0 Å². The molecule has 0 aliphatic carbocycles. The number of anilines is 2. The molecule has 0 saturated carbocycles. The zero-order valence-electron chi connectivity index (χ0n) is 28.8. The number of esters is 1. The van der Waals surface area contributed by atoms with Crippen LogP contribution in [0.3, 0.4) is 0 Å². The van der Waals surface area contributed by atoms with Crippen molar-refractivity contribution in [2.75, 3.05) is 55.9 Å². The third kappa shape index (κ3) is 13.3. The maximum atomic E-state index is 12.8. The number of fused-ring (bicyclic) bond motifs is 1. The summed E-state index contributed by atoms with van der Waals surface area (Å²) < 4.78 is 11.6. The number of carbonyl (C=O) groups excluding carboxylic acids is 2. The van der Waals surface area contributed by atoms with Crippen molar-refractivity contribution in [2.45, 2.75) is 103 Å². The highest BCUT2D eigenvalue weighted by atomic mass is 35.5. The number of amides is 1. The summed E-state index contributed by atoms with van der Waals surface area (Å²) in [5, 5.41) is 9.89. The number of aryl methyl sites for hydroxylation is 1. The zero-order valence-corrected chi connectivity index (χ0v) is 30.3. The van der Waals surface area contributed by atoms with Crippen molar-refractivity contribution in [2.24, 2.45) is 0 Å². The van der Waals surface area contributed by atoms with E-state index >= 15 is 0 Å². The molecule has 1 fully saturated rings. The zero-order chi connectivity index (χ0) is 34.8. The van der Waals surface area contributed by atoms with Crippen LogP contribution in [0.4, 0.5) is 11.4 Å². The third-order valence-corrected chi connectivity index (χ3v) is 10.2. The second-order valence-corrected chi connectivity index (χ2v) is 13.9. The van der Waals surface area contributed by atoms with E-state index in [4.69, 9.17) is 37.8 Å². The lowest BCUT2D eigenvalue weighted by molar-refractivity contribution is -0.144. The van der Waals surface area contributed by atoms with E-state index in [2.05, 4.69) is 9.80 Å². The van der Waals surface area contributed by atoms with Crippen LogP contribution in [0.15, 0.2) is 36.4 Å². The summed E-state index contributed by atoms with van der Waals surface area (Å²) in [6, 6.07) is 11.6. The summed E-state index contributed by atoms with van der Waals surface area (Å²) >= 11 is 12.6. The molecule has 0 atom stereocenters. The van der Waals surface area contributed by atoms with Crippen molar-refractivity contribution >= 4 is 52.4 Å². The fourth-order valence-corrected chi connectivity index (χ4v) is 6.91. The highest BCUT2D eigenvalue weighted by molar-refractivity contribution is 6.43. The molecule has 270 valence electrons. The lowest BCUT2D eigenvalue weighted by atomic mass is 10.0. The molecule has 2 aliphatic heterocycles. The number of piperazine rings is 1. The number of ether oxygens (including phenoxy) is 2. The Kier molecular flexibility index (Phi) is 16.8. The molecule has 1 N–H and O–H groups in total. The van der Waals surface area contributed by atoms with Gasteiger partial charge < -0.3 is 19.5 Å². The number of nitrogens with zero attached hydrogens (tertiary/aromatic N) is 3. The van der Waals surface area contributed by atoms with E-state index in [0.29, 0.717) is 35.9 Å². The van der Waals surface area contributed by atoms with Crippen molar-refractivity contribution in [3.8, 4) is 5.75 Å². The van der Waals surface area contributed by atoms with E-state index < -0.39 is 5.97 Å². The van der Waals surface area contributed by atoms with Gasteiger partial charge >= 0.3 is 11.9 Å². The van der Waals surface area contributed by atoms with Crippen LogP contribution in [0.2, 0.25) is 10.0 Å². The van der Waals surface area contributed by atoms with Crippen LogP contribution in [-0.2, 0) is 25.5 Å². The summed E-state index contributed by atoms with van der Waals surface area (Å²) in [4.78, 5) is 42.1. The fourth-order valence-electron chi connectivity index (χ4n) is 6.49. The quantitative estimate of drug-likeness (QED) is 0.0956. The average molecular weight is 719 g/mol. The van der Waals surface area contributed by atoms with E-state index in [1.807, 2.05) is 36.4 Å². The largest absolute Gasteiger partial charge is 0.494 e. The minimum absolute atomic E-state index is 0.0444. The van der Waals surface area contributed by atoms with Gasteiger partial charge in [-0.2, -0.15) is 0 Å². The summed E-state index contributed by atoms with van der Waals surface area (Å²) in [6.07, 6.45) is 14.0. The number of carboxylic acids is 1. The number of unbranched alkanes of at least 4 members (excludes halogenated alkanes) is 10. The van der Waals surface area contributed by atoms with Gasteiger partial charge in [0.25, 0.3) is 0 Å². The van der Waals surface area contributed by atoms with Gasteiger partial charge in [-0.25, -0.2) is 0 Å². The lowest BCUT2D eigenvalue weighted by Gasteiger charge is -2.36. The first kappa shape index (κ1) is 38.8.